The van der Waals surface area contributed by atoms with Crippen LogP contribution in [-0.4, -0.2) is 29.5 Å². The molecule has 22 heavy (non-hydrogen) atoms. The molecular formula is C17H22N2O3. The summed E-state index contributed by atoms with van der Waals surface area (Å²) in [5, 5.41) is 12.1. The molecule has 5 heteroatoms. The van der Waals surface area contributed by atoms with Gasteiger partial charge in [-0.3, -0.25) is 14.8 Å². The Kier molecular flexibility index (Phi) is 4.02. The Bertz CT molecular complexity index is 614. The van der Waals surface area contributed by atoms with Crippen molar-refractivity contribution in [3.05, 3.63) is 34.9 Å². The van der Waals surface area contributed by atoms with Crippen LogP contribution in [0.25, 0.3) is 0 Å². The van der Waals surface area contributed by atoms with Crippen molar-refractivity contribution in [1.82, 2.24) is 10.8 Å². The van der Waals surface area contributed by atoms with Crippen molar-refractivity contribution < 1.29 is 14.8 Å². The van der Waals surface area contributed by atoms with E-state index >= 15 is 0 Å². The molecule has 2 aliphatic rings. The first-order valence-electron chi connectivity index (χ1n) is 7.92. The highest BCUT2D eigenvalue weighted by Gasteiger charge is 2.47. The zero-order valence-electron chi connectivity index (χ0n) is 12.8. The zero-order chi connectivity index (χ0) is 15.7. The van der Waals surface area contributed by atoms with Crippen molar-refractivity contribution in [3.8, 4) is 0 Å². The molecule has 3 N–H and O–H groups in total. The largest absolute Gasteiger partial charge is 0.307 e. The summed E-state index contributed by atoms with van der Waals surface area (Å²) in [6.07, 6.45) is 4.32. The molecule has 1 aliphatic heterocycles. The molecular weight excluding hydrogens is 280 g/mol. The Balaban J connectivity index is 1.88. The highest BCUT2D eigenvalue weighted by molar-refractivity contribution is 5.93. The van der Waals surface area contributed by atoms with Gasteiger partial charge in [-0.1, -0.05) is 13.0 Å². The molecule has 1 aliphatic carbocycles. The summed E-state index contributed by atoms with van der Waals surface area (Å²) in [7, 11) is 0. The van der Waals surface area contributed by atoms with Crippen LogP contribution in [0.2, 0.25) is 0 Å². The number of carbonyl (C=O) groups is 2. The molecule has 0 radical (unpaired) electrons. The van der Waals surface area contributed by atoms with Crippen LogP contribution < -0.4 is 10.8 Å². The fourth-order valence-corrected chi connectivity index (χ4v) is 4.03. The van der Waals surface area contributed by atoms with Crippen molar-refractivity contribution in [3.63, 3.8) is 0 Å². The SMILES string of the molecule is CCC(=O)C1NCC[C@]12CCc1cc(C(=O)NO)ccc1C2. The van der Waals surface area contributed by atoms with E-state index in [1.54, 1.807) is 11.5 Å². The van der Waals surface area contributed by atoms with Crippen LogP contribution in [0.3, 0.4) is 0 Å². The number of Topliss-reactive ketones (excluding diaryl/α,β-unsaturated/α-hetero) is 1. The molecule has 1 heterocycles. The molecule has 3 rings (SSSR count). The van der Waals surface area contributed by atoms with Gasteiger partial charge >= 0.3 is 0 Å². The van der Waals surface area contributed by atoms with Crippen LogP contribution in [0.4, 0.5) is 0 Å². The molecule has 1 unspecified atom stereocenters. The maximum absolute atomic E-state index is 12.2. The molecule has 1 aromatic rings. The van der Waals surface area contributed by atoms with Crippen LogP contribution in [0, 0.1) is 5.41 Å². The van der Waals surface area contributed by atoms with E-state index in [2.05, 4.69) is 5.32 Å². The van der Waals surface area contributed by atoms with Gasteiger partial charge in [-0.2, -0.15) is 0 Å². The molecule has 1 spiro atoms. The molecule has 1 fully saturated rings. The summed E-state index contributed by atoms with van der Waals surface area (Å²) in [6, 6.07) is 5.52. The minimum atomic E-state index is -0.482. The second-order valence-electron chi connectivity index (χ2n) is 6.42. The summed E-state index contributed by atoms with van der Waals surface area (Å²) in [4.78, 5) is 23.8. The van der Waals surface area contributed by atoms with Gasteiger partial charge in [0.2, 0.25) is 0 Å². The average molecular weight is 302 g/mol. The Morgan fingerprint density at radius 3 is 2.91 bits per heavy atom. The Hall–Kier alpha value is -1.72. The molecule has 118 valence electrons. The number of hydroxylamine groups is 1. The van der Waals surface area contributed by atoms with E-state index in [-0.39, 0.29) is 11.5 Å². The zero-order valence-corrected chi connectivity index (χ0v) is 12.8. The summed E-state index contributed by atoms with van der Waals surface area (Å²) in [5.74, 6) is -0.179. The third-order valence-electron chi connectivity index (χ3n) is 5.26. The van der Waals surface area contributed by atoms with Gasteiger partial charge in [0.1, 0.15) is 5.78 Å². The lowest BCUT2D eigenvalue weighted by atomic mass is 9.66. The predicted molar refractivity (Wildman–Crippen MR) is 81.9 cm³/mol. The van der Waals surface area contributed by atoms with Crippen LogP contribution >= 0.6 is 0 Å². The van der Waals surface area contributed by atoms with Crippen molar-refractivity contribution in [2.45, 2.75) is 45.1 Å². The van der Waals surface area contributed by atoms with Gasteiger partial charge in [0.25, 0.3) is 5.91 Å². The smallest absolute Gasteiger partial charge is 0.274 e. The van der Waals surface area contributed by atoms with Crippen molar-refractivity contribution >= 4 is 11.7 Å². The van der Waals surface area contributed by atoms with Crippen LogP contribution in [0.15, 0.2) is 18.2 Å². The summed E-state index contributed by atoms with van der Waals surface area (Å²) in [6.45, 7) is 2.82. The van der Waals surface area contributed by atoms with Gasteiger partial charge in [0, 0.05) is 12.0 Å². The molecule has 1 saturated heterocycles. The lowest BCUT2D eigenvalue weighted by Gasteiger charge is -2.38. The number of aryl methyl sites for hydroxylation is 1. The van der Waals surface area contributed by atoms with Crippen molar-refractivity contribution in [1.29, 1.82) is 0 Å². The third-order valence-corrected chi connectivity index (χ3v) is 5.26. The van der Waals surface area contributed by atoms with E-state index in [1.165, 1.54) is 5.56 Å². The van der Waals surface area contributed by atoms with Gasteiger partial charge in [0.05, 0.1) is 6.04 Å². The minimum absolute atomic E-state index is 0.0286. The first-order valence-corrected chi connectivity index (χ1v) is 7.92. The van der Waals surface area contributed by atoms with E-state index in [0.29, 0.717) is 17.8 Å². The third kappa shape index (κ3) is 2.44. The number of carbonyl (C=O) groups excluding carboxylic acids is 2. The Morgan fingerprint density at radius 2 is 2.18 bits per heavy atom. The highest BCUT2D eigenvalue weighted by Crippen LogP contribution is 2.44. The first kappa shape index (κ1) is 15.2. The monoisotopic (exact) mass is 302 g/mol. The number of nitrogens with one attached hydrogen (secondary N) is 2. The van der Waals surface area contributed by atoms with Crippen molar-refractivity contribution in [2.75, 3.05) is 6.54 Å². The fraction of sp³-hybridized carbons (Fsp3) is 0.529. The van der Waals surface area contributed by atoms with Crippen molar-refractivity contribution in [2.24, 2.45) is 5.41 Å². The van der Waals surface area contributed by atoms with E-state index < -0.39 is 5.91 Å². The number of hydrogen-bond acceptors (Lipinski definition) is 4. The number of rotatable bonds is 3. The predicted octanol–water partition coefficient (Wildman–Crippen LogP) is 1.62. The van der Waals surface area contributed by atoms with E-state index in [9.17, 15) is 9.59 Å². The second-order valence-corrected chi connectivity index (χ2v) is 6.42. The van der Waals surface area contributed by atoms with E-state index in [1.807, 2.05) is 19.1 Å². The topological polar surface area (TPSA) is 78.4 Å². The number of amides is 1. The van der Waals surface area contributed by atoms with E-state index in [0.717, 1.165) is 37.8 Å². The van der Waals surface area contributed by atoms with Gasteiger partial charge in [0.15, 0.2) is 0 Å². The second kappa shape index (κ2) is 5.82. The standard InChI is InChI=1S/C17H22N2O3/c1-2-14(20)15-17(7-8-18-15)6-5-11-9-12(16(21)19-22)3-4-13(11)10-17/h3-4,9,15,18,22H,2,5-8,10H2,1H3,(H,19,21)/t15?,17-/m0/s1. The average Bonchev–Trinajstić information content (AvgIpc) is 2.95. The highest BCUT2D eigenvalue weighted by atomic mass is 16.5. The normalized spacial score (nSPS) is 26.7. The molecule has 1 aromatic carbocycles. The Labute approximate surface area is 130 Å². The number of fused-ring (bicyclic) bond motifs is 1. The number of hydrogen-bond donors (Lipinski definition) is 3. The molecule has 1 amide bonds. The minimum Gasteiger partial charge on any atom is -0.307 e. The van der Waals surface area contributed by atoms with Gasteiger partial charge in [-0.15, -0.1) is 0 Å². The molecule has 0 saturated carbocycles. The lowest BCUT2D eigenvalue weighted by molar-refractivity contribution is -0.123. The maximum Gasteiger partial charge on any atom is 0.274 e. The van der Waals surface area contributed by atoms with Crippen LogP contribution in [0.1, 0.15) is 47.7 Å². The maximum atomic E-state index is 12.2. The summed E-state index contributed by atoms with van der Waals surface area (Å²) >= 11 is 0. The number of ketones is 1. The summed E-state index contributed by atoms with van der Waals surface area (Å²) < 4.78 is 0. The van der Waals surface area contributed by atoms with Crippen LogP contribution in [-0.2, 0) is 17.6 Å². The van der Waals surface area contributed by atoms with Gasteiger partial charge in [-0.25, -0.2) is 5.48 Å². The molecule has 2 atom stereocenters. The fourth-order valence-electron chi connectivity index (χ4n) is 4.03. The van der Waals surface area contributed by atoms with Gasteiger partial charge in [-0.05, 0) is 60.9 Å². The molecule has 0 aromatic heterocycles. The molecule has 0 bridgehead atoms. The molecule has 5 nitrogen and oxygen atoms in total. The van der Waals surface area contributed by atoms with E-state index in [4.69, 9.17) is 5.21 Å². The lowest BCUT2D eigenvalue weighted by Crippen LogP contribution is -2.46. The first-order chi connectivity index (χ1) is 10.6. The quantitative estimate of drug-likeness (QED) is 0.586. The summed E-state index contributed by atoms with van der Waals surface area (Å²) in [5.41, 5.74) is 4.55. The Morgan fingerprint density at radius 1 is 1.36 bits per heavy atom. The number of benzene rings is 1. The van der Waals surface area contributed by atoms with Gasteiger partial charge < -0.3 is 5.32 Å². The van der Waals surface area contributed by atoms with Crippen LogP contribution in [0.5, 0.6) is 0 Å².